The third kappa shape index (κ3) is 13.6. The second-order valence-electron chi connectivity index (χ2n) is 19.0. The SMILES string of the molecule is CO/N=C(\C(=O)NC1C(=O)N2C(C(=O)OC(c3ccccc3)c3ccccc3)=C(SCC3CCOCC3)CS[C@@H]12)c1csc(NC(c2ccccc2)(c2ccccc2)c2ccccc2)n1.O=S(=O)(OCC1CCOCC1)C(F)(F)F. The number of fused-ring (bicyclic) bond motifs is 1. The number of thioether (sulfide) groups is 2. The molecule has 2 amide bonds. The average molecular weight is 1170 g/mol. The Labute approximate surface area is 474 Å². The molecule has 2 N–H and O–H groups in total. The summed E-state index contributed by atoms with van der Waals surface area (Å²) in [5.41, 5.74) is -1.19. The van der Waals surface area contributed by atoms with Gasteiger partial charge in [-0.2, -0.15) is 21.6 Å². The van der Waals surface area contributed by atoms with Gasteiger partial charge in [-0.05, 0) is 65.3 Å². The monoisotopic (exact) mass is 1170 g/mol. The molecule has 1 unspecified atom stereocenters. The zero-order valence-electron chi connectivity index (χ0n) is 43.4. The number of anilines is 1. The Kier molecular flexibility index (Phi) is 19.5. The van der Waals surface area contributed by atoms with Crippen LogP contribution in [-0.4, -0.2) is 110 Å². The number of hydrogen-bond donors (Lipinski definition) is 2. The fourth-order valence-corrected chi connectivity index (χ4v) is 13.7. The number of nitrogens with zero attached hydrogens (tertiary/aromatic N) is 3. The molecule has 10 rings (SSSR count). The number of nitrogens with one attached hydrogen (secondary N) is 2. The summed E-state index contributed by atoms with van der Waals surface area (Å²) in [6.07, 6.45) is 2.21. The molecule has 0 saturated carbocycles. The lowest BCUT2D eigenvalue weighted by Gasteiger charge is -2.49. The van der Waals surface area contributed by atoms with E-state index in [0.717, 1.165) is 51.3 Å². The lowest BCUT2D eigenvalue weighted by atomic mass is 9.77. The van der Waals surface area contributed by atoms with Crippen LogP contribution in [0, 0.1) is 11.8 Å². The quantitative estimate of drug-likeness (QED) is 0.0149. The summed E-state index contributed by atoms with van der Waals surface area (Å²) >= 11 is 4.43. The van der Waals surface area contributed by atoms with Crippen molar-refractivity contribution in [2.24, 2.45) is 17.0 Å². The molecule has 0 aliphatic carbocycles. The molecule has 3 fully saturated rings. The number of amides is 2. The van der Waals surface area contributed by atoms with Crippen molar-refractivity contribution in [3.63, 3.8) is 0 Å². The molecule has 5 heterocycles. The standard InChI is InChI=1S/C51H47N5O6S3.C7H11F3O4S/c1-60-55-42(40-32-65-50(52-40)54-51(37-21-11-4-12-22-37,38-23-13-5-14-24-38)39-25-15-6-16-26-39)46(57)53-43-47(58)56-44(41(33-64-48(43)56)63-31-34-27-29-61-30-28-34)49(59)62-45(35-17-7-2-8-18-35)36-19-9-3-10-20-36;8-7(9,10)15(11,12)14-5-6-1-3-13-4-2-6/h2-26,32,34,43,45,48H,27-31,33H2,1H3,(H,52,54)(H,53,57);6H,1-5H2/b55-42-;/t43?,48-;/m0./s1. The van der Waals surface area contributed by atoms with Gasteiger partial charge in [0, 0.05) is 48.2 Å². The first-order valence-corrected chi connectivity index (χ1v) is 30.1. The zero-order chi connectivity index (χ0) is 56.1. The first kappa shape index (κ1) is 58.1. The Morgan fingerprint density at radius 1 is 0.775 bits per heavy atom. The average Bonchev–Trinajstić information content (AvgIpc) is 4.06. The van der Waals surface area contributed by atoms with Crippen molar-refractivity contribution in [2.45, 2.75) is 54.3 Å². The van der Waals surface area contributed by atoms with Gasteiger partial charge in [-0.25, -0.2) is 9.78 Å². The molecule has 6 aromatic rings. The molecular weight excluding hydrogens is 1110 g/mol. The van der Waals surface area contributed by atoms with Gasteiger partial charge in [0.15, 0.2) is 16.9 Å². The number of carbonyl (C=O) groups excluding carboxylic acids is 3. The summed E-state index contributed by atoms with van der Waals surface area (Å²) in [5, 5.41) is 12.5. The van der Waals surface area contributed by atoms with Crippen LogP contribution in [0.2, 0.25) is 0 Å². The van der Waals surface area contributed by atoms with E-state index in [1.165, 1.54) is 35.1 Å². The first-order chi connectivity index (χ1) is 38.8. The van der Waals surface area contributed by atoms with Gasteiger partial charge in [-0.1, -0.05) is 157 Å². The highest BCUT2D eigenvalue weighted by atomic mass is 32.2. The van der Waals surface area contributed by atoms with Crippen LogP contribution < -0.4 is 10.6 Å². The van der Waals surface area contributed by atoms with E-state index in [0.29, 0.717) is 56.1 Å². The zero-order valence-corrected chi connectivity index (χ0v) is 46.6. The number of ether oxygens (including phenoxy) is 3. The maximum atomic E-state index is 14.6. The molecule has 15 nitrogen and oxygen atoms in total. The van der Waals surface area contributed by atoms with Crippen LogP contribution in [0.25, 0.3) is 0 Å². The van der Waals surface area contributed by atoms with E-state index >= 15 is 0 Å². The number of halogens is 3. The number of carbonyl (C=O) groups is 3. The van der Waals surface area contributed by atoms with Gasteiger partial charge < -0.3 is 29.7 Å². The summed E-state index contributed by atoms with van der Waals surface area (Å²) in [7, 11) is -4.08. The molecule has 420 valence electrons. The van der Waals surface area contributed by atoms with Crippen molar-refractivity contribution in [3.05, 3.63) is 201 Å². The molecular formula is C58H58F3N5O10S4. The van der Waals surface area contributed by atoms with E-state index in [1.807, 2.05) is 115 Å². The second kappa shape index (κ2) is 26.8. The minimum Gasteiger partial charge on any atom is -0.448 e. The number of oxime groups is 1. The molecule has 4 aliphatic heterocycles. The Bertz CT molecular complexity index is 3070. The number of β-lactam (4-membered cyclic amide) rings is 1. The highest BCUT2D eigenvalue weighted by Crippen LogP contribution is 2.46. The van der Waals surface area contributed by atoms with Gasteiger partial charge in [0.05, 0.1) is 6.61 Å². The van der Waals surface area contributed by atoms with Crippen LogP contribution in [0.5, 0.6) is 0 Å². The maximum Gasteiger partial charge on any atom is 0.523 e. The molecule has 0 radical (unpaired) electrons. The topological polar surface area (TPSA) is 184 Å². The first-order valence-electron chi connectivity index (χ1n) is 25.8. The summed E-state index contributed by atoms with van der Waals surface area (Å²) in [5.74, 6) is -0.158. The molecule has 0 bridgehead atoms. The molecule has 22 heteroatoms. The van der Waals surface area contributed by atoms with Gasteiger partial charge in [0.1, 0.15) is 35.5 Å². The number of hydrogen-bond acceptors (Lipinski definition) is 16. The van der Waals surface area contributed by atoms with E-state index in [-0.39, 0.29) is 23.0 Å². The fraction of sp³-hybridized carbons (Fsp3) is 0.328. The number of thiazole rings is 1. The largest absolute Gasteiger partial charge is 0.523 e. The Balaban J connectivity index is 0.000000449. The number of esters is 1. The fourth-order valence-electron chi connectivity index (χ4n) is 9.62. The maximum absolute atomic E-state index is 14.6. The minimum absolute atomic E-state index is 0.0926. The van der Waals surface area contributed by atoms with E-state index < -0.39 is 63.1 Å². The van der Waals surface area contributed by atoms with Crippen molar-refractivity contribution in [3.8, 4) is 0 Å². The van der Waals surface area contributed by atoms with E-state index in [2.05, 4.69) is 56.4 Å². The van der Waals surface area contributed by atoms with Crippen LogP contribution in [0.15, 0.2) is 173 Å². The number of alkyl halides is 3. The lowest BCUT2D eigenvalue weighted by Crippen LogP contribution is -2.71. The second-order valence-corrected chi connectivity index (χ2v) is 23.7. The number of aromatic nitrogens is 1. The molecule has 1 aromatic heterocycles. The summed E-state index contributed by atoms with van der Waals surface area (Å²) < 4.78 is 77.5. The third-order valence-corrected chi connectivity index (χ3v) is 18.4. The Hall–Kier alpha value is -6.53. The van der Waals surface area contributed by atoms with Gasteiger partial charge in [-0.15, -0.1) is 34.9 Å². The van der Waals surface area contributed by atoms with Gasteiger partial charge in [0.25, 0.3) is 11.8 Å². The Morgan fingerprint density at radius 2 is 1.27 bits per heavy atom. The number of benzene rings is 5. The van der Waals surface area contributed by atoms with Crippen LogP contribution in [0.4, 0.5) is 18.3 Å². The summed E-state index contributed by atoms with van der Waals surface area (Å²) in [6.45, 7) is 1.85. The van der Waals surface area contributed by atoms with Crippen LogP contribution >= 0.6 is 34.9 Å². The van der Waals surface area contributed by atoms with Crippen LogP contribution in [0.3, 0.4) is 0 Å². The van der Waals surface area contributed by atoms with E-state index in [9.17, 15) is 36.0 Å². The third-order valence-electron chi connectivity index (χ3n) is 13.8. The predicted octanol–water partition coefficient (Wildman–Crippen LogP) is 10.3. The molecule has 3 saturated heterocycles. The van der Waals surface area contributed by atoms with E-state index in [1.54, 1.807) is 17.1 Å². The highest BCUT2D eigenvalue weighted by Gasteiger charge is 2.55. The normalized spacial score (nSPS) is 18.3. The van der Waals surface area contributed by atoms with Gasteiger partial charge in [-0.3, -0.25) is 18.7 Å². The summed E-state index contributed by atoms with van der Waals surface area (Å²) in [6, 6.07) is 48.7. The number of rotatable bonds is 19. The molecule has 5 aromatic carbocycles. The van der Waals surface area contributed by atoms with Crippen LogP contribution in [0.1, 0.15) is 65.3 Å². The molecule has 0 spiro atoms. The minimum atomic E-state index is -5.44. The molecule has 80 heavy (non-hydrogen) atoms. The highest BCUT2D eigenvalue weighted by molar-refractivity contribution is 8.06. The smallest absolute Gasteiger partial charge is 0.448 e. The van der Waals surface area contributed by atoms with Crippen molar-refractivity contribution < 1.29 is 59.2 Å². The van der Waals surface area contributed by atoms with Gasteiger partial charge in [0.2, 0.25) is 0 Å². The summed E-state index contributed by atoms with van der Waals surface area (Å²) in [4.78, 5) is 55.6. The molecule has 4 aliphatic rings. The van der Waals surface area contributed by atoms with Crippen molar-refractivity contribution >= 4 is 73.6 Å². The van der Waals surface area contributed by atoms with Crippen LogP contribution in [-0.2, 0) is 53.3 Å². The molecule has 2 atom stereocenters. The van der Waals surface area contributed by atoms with Crippen molar-refractivity contribution in [1.29, 1.82) is 0 Å². The van der Waals surface area contributed by atoms with Gasteiger partial charge >= 0.3 is 21.6 Å². The lowest BCUT2D eigenvalue weighted by molar-refractivity contribution is -0.154. The Morgan fingerprint density at radius 3 is 1.77 bits per heavy atom. The van der Waals surface area contributed by atoms with Crippen molar-refractivity contribution in [1.82, 2.24) is 15.2 Å². The van der Waals surface area contributed by atoms with E-state index in [4.69, 9.17) is 24.0 Å². The van der Waals surface area contributed by atoms with Crippen molar-refractivity contribution in [2.75, 3.05) is 57.0 Å². The predicted molar refractivity (Wildman–Crippen MR) is 302 cm³/mol.